The van der Waals surface area contributed by atoms with E-state index in [2.05, 4.69) is 37.4 Å². The summed E-state index contributed by atoms with van der Waals surface area (Å²) in [6, 6.07) is 8.45. The zero-order valence-electron chi connectivity index (χ0n) is 11.3. The van der Waals surface area contributed by atoms with Crippen molar-refractivity contribution in [2.75, 3.05) is 13.1 Å². The standard InChI is InChI=1S/C16H22ClN/c1-15(6-7-15)16(2)8-9-18-11-14(16)12-4-3-5-13(17)10-12/h3-5,10,14,18H,6-9,11H2,1-2H3. The Kier molecular flexibility index (Phi) is 2.95. The largest absolute Gasteiger partial charge is 0.316 e. The first-order valence-corrected chi connectivity index (χ1v) is 7.39. The third-order valence-corrected chi connectivity index (χ3v) is 5.80. The number of halogens is 1. The molecular formula is C16H22ClN. The molecule has 2 atom stereocenters. The second-order valence-corrected chi connectivity index (χ2v) is 6.98. The van der Waals surface area contributed by atoms with Crippen molar-refractivity contribution in [3.8, 4) is 0 Å². The van der Waals surface area contributed by atoms with Crippen molar-refractivity contribution >= 4 is 11.6 Å². The van der Waals surface area contributed by atoms with Gasteiger partial charge in [0.15, 0.2) is 0 Å². The van der Waals surface area contributed by atoms with Crippen LogP contribution in [0.5, 0.6) is 0 Å². The van der Waals surface area contributed by atoms with E-state index in [1.165, 1.54) is 24.8 Å². The van der Waals surface area contributed by atoms with Gasteiger partial charge in [-0.1, -0.05) is 37.6 Å². The Morgan fingerprint density at radius 3 is 2.67 bits per heavy atom. The number of rotatable bonds is 2. The first-order chi connectivity index (χ1) is 8.55. The average Bonchev–Trinajstić information content (AvgIpc) is 3.10. The molecule has 3 rings (SSSR count). The molecule has 2 unspecified atom stereocenters. The third kappa shape index (κ3) is 1.88. The van der Waals surface area contributed by atoms with Gasteiger partial charge in [-0.25, -0.2) is 0 Å². The molecule has 0 radical (unpaired) electrons. The lowest BCUT2D eigenvalue weighted by atomic mass is 9.61. The van der Waals surface area contributed by atoms with Crippen LogP contribution in [-0.4, -0.2) is 13.1 Å². The molecule has 1 saturated carbocycles. The molecule has 98 valence electrons. The van der Waals surface area contributed by atoms with Gasteiger partial charge in [0.1, 0.15) is 0 Å². The van der Waals surface area contributed by atoms with E-state index in [-0.39, 0.29) is 0 Å². The van der Waals surface area contributed by atoms with E-state index in [0.717, 1.165) is 18.1 Å². The highest BCUT2D eigenvalue weighted by atomic mass is 35.5. The fourth-order valence-electron chi connectivity index (χ4n) is 3.68. The summed E-state index contributed by atoms with van der Waals surface area (Å²) < 4.78 is 0. The lowest BCUT2D eigenvalue weighted by molar-refractivity contribution is 0.0912. The van der Waals surface area contributed by atoms with Gasteiger partial charge in [0, 0.05) is 17.5 Å². The van der Waals surface area contributed by atoms with Crippen LogP contribution in [0.15, 0.2) is 24.3 Å². The minimum Gasteiger partial charge on any atom is -0.316 e. The topological polar surface area (TPSA) is 12.0 Å². The van der Waals surface area contributed by atoms with Crippen molar-refractivity contribution in [2.45, 2.75) is 39.0 Å². The van der Waals surface area contributed by atoms with E-state index in [9.17, 15) is 0 Å². The van der Waals surface area contributed by atoms with Gasteiger partial charge in [0.25, 0.3) is 0 Å². The predicted octanol–water partition coefficient (Wildman–Crippen LogP) is 4.22. The van der Waals surface area contributed by atoms with Crippen LogP contribution in [-0.2, 0) is 0 Å². The lowest BCUT2D eigenvalue weighted by Gasteiger charge is -2.47. The average molecular weight is 264 g/mol. The lowest BCUT2D eigenvalue weighted by Crippen LogP contribution is -2.46. The molecule has 2 heteroatoms. The highest BCUT2D eigenvalue weighted by molar-refractivity contribution is 6.30. The first-order valence-electron chi connectivity index (χ1n) is 7.01. The van der Waals surface area contributed by atoms with Crippen LogP contribution in [0.3, 0.4) is 0 Å². The molecule has 0 spiro atoms. The van der Waals surface area contributed by atoms with Gasteiger partial charge in [-0.3, -0.25) is 0 Å². The summed E-state index contributed by atoms with van der Waals surface area (Å²) in [6.45, 7) is 7.21. The number of hydrogen-bond acceptors (Lipinski definition) is 1. The molecule has 18 heavy (non-hydrogen) atoms. The van der Waals surface area contributed by atoms with Gasteiger partial charge in [0.2, 0.25) is 0 Å². The van der Waals surface area contributed by atoms with Crippen molar-refractivity contribution in [1.29, 1.82) is 0 Å². The molecule has 1 aromatic carbocycles. The number of benzene rings is 1. The van der Waals surface area contributed by atoms with Crippen molar-refractivity contribution in [1.82, 2.24) is 5.32 Å². The summed E-state index contributed by atoms with van der Waals surface area (Å²) in [5.41, 5.74) is 2.37. The van der Waals surface area contributed by atoms with E-state index in [4.69, 9.17) is 11.6 Å². The normalized spacial score (nSPS) is 34.3. The summed E-state index contributed by atoms with van der Waals surface area (Å²) in [5.74, 6) is 0.595. The maximum absolute atomic E-state index is 6.17. The smallest absolute Gasteiger partial charge is 0.0408 e. The second kappa shape index (κ2) is 4.25. The van der Waals surface area contributed by atoms with Gasteiger partial charge in [-0.2, -0.15) is 0 Å². The van der Waals surface area contributed by atoms with Gasteiger partial charge in [-0.05, 0) is 54.3 Å². The molecule has 1 N–H and O–H groups in total. The Morgan fingerprint density at radius 1 is 1.22 bits per heavy atom. The Bertz CT molecular complexity index is 452. The molecule has 1 nitrogen and oxygen atoms in total. The molecule has 0 aromatic heterocycles. The van der Waals surface area contributed by atoms with Crippen molar-refractivity contribution in [3.05, 3.63) is 34.9 Å². The number of nitrogens with one attached hydrogen (secondary N) is 1. The van der Waals surface area contributed by atoms with Crippen LogP contribution < -0.4 is 5.32 Å². The zero-order valence-corrected chi connectivity index (χ0v) is 12.1. The Morgan fingerprint density at radius 2 is 2.00 bits per heavy atom. The highest BCUT2D eigenvalue weighted by Gasteiger charge is 2.56. The van der Waals surface area contributed by atoms with Gasteiger partial charge < -0.3 is 5.32 Å². The molecule has 1 aliphatic heterocycles. The van der Waals surface area contributed by atoms with Crippen molar-refractivity contribution < 1.29 is 0 Å². The predicted molar refractivity (Wildman–Crippen MR) is 77.1 cm³/mol. The SMILES string of the molecule is CC1(C2(C)CCNCC2c2cccc(Cl)c2)CC1. The molecule has 2 aliphatic rings. The van der Waals surface area contributed by atoms with Gasteiger partial charge >= 0.3 is 0 Å². The molecule has 2 fully saturated rings. The van der Waals surface area contributed by atoms with E-state index in [1.54, 1.807) is 0 Å². The van der Waals surface area contributed by atoms with Crippen LogP contribution >= 0.6 is 11.6 Å². The highest BCUT2D eigenvalue weighted by Crippen LogP contribution is 2.65. The fourth-order valence-corrected chi connectivity index (χ4v) is 3.88. The van der Waals surface area contributed by atoms with Crippen LogP contribution in [0.4, 0.5) is 0 Å². The monoisotopic (exact) mass is 263 g/mol. The minimum absolute atomic E-state index is 0.420. The third-order valence-electron chi connectivity index (χ3n) is 5.57. The summed E-state index contributed by atoms with van der Waals surface area (Å²) in [6.07, 6.45) is 4.06. The second-order valence-electron chi connectivity index (χ2n) is 6.54. The van der Waals surface area contributed by atoms with E-state index in [1.807, 2.05) is 6.07 Å². The summed E-state index contributed by atoms with van der Waals surface area (Å²) >= 11 is 6.17. The zero-order chi connectivity index (χ0) is 12.8. The maximum atomic E-state index is 6.17. The summed E-state index contributed by atoms with van der Waals surface area (Å²) in [4.78, 5) is 0. The van der Waals surface area contributed by atoms with Gasteiger partial charge in [-0.15, -0.1) is 0 Å². The number of piperidine rings is 1. The fraction of sp³-hybridized carbons (Fsp3) is 0.625. The Labute approximate surface area is 115 Å². The Hall–Kier alpha value is -0.530. The van der Waals surface area contributed by atoms with Crippen molar-refractivity contribution in [2.24, 2.45) is 10.8 Å². The van der Waals surface area contributed by atoms with Crippen LogP contribution in [0.2, 0.25) is 5.02 Å². The van der Waals surface area contributed by atoms with E-state index in [0.29, 0.717) is 16.7 Å². The summed E-state index contributed by atoms with van der Waals surface area (Å²) in [7, 11) is 0. The molecule has 1 aromatic rings. The first kappa shape index (κ1) is 12.5. The number of hydrogen-bond donors (Lipinski definition) is 1. The van der Waals surface area contributed by atoms with Crippen molar-refractivity contribution in [3.63, 3.8) is 0 Å². The van der Waals surface area contributed by atoms with Crippen LogP contribution in [0.25, 0.3) is 0 Å². The molecule has 1 heterocycles. The molecule has 0 bridgehead atoms. The molecular weight excluding hydrogens is 242 g/mol. The Balaban J connectivity index is 1.97. The molecule has 1 saturated heterocycles. The van der Waals surface area contributed by atoms with E-state index < -0.39 is 0 Å². The summed E-state index contributed by atoms with van der Waals surface area (Å²) in [5, 5.41) is 4.43. The quantitative estimate of drug-likeness (QED) is 0.842. The van der Waals surface area contributed by atoms with Gasteiger partial charge in [0.05, 0.1) is 0 Å². The molecule has 1 aliphatic carbocycles. The minimum atomic E-state index is 0.420. The van der Waals surface area contributed by atoms with Crippen LogP contribution in [0, 0.1) is 10.8 Å². The maximum Gasteiger partial charge on any atom is 0.0408 e. The van der Waals surface area contributed by atoms with Crippen LogP contribution in [0.1, 0.15) is 44.6 Å². The van der Waals surface area contributed by atoms with E-state index >= 15 is 0 Å². The molecule has 0 amide bonds.